The Hall–Kier alpha value is -1.31. The van der Waals surface area contributed by atoms with Crippen molar-refractivity contribution in [2.75, 3.05) is 6.61 Å². The van der Waals surface area contributed by atoms with Crippen molar-refractivity contribution < 1.29 is 9.53 Å². The number of aryl methyl sites for hydroxylation is 1. The molecule has 0 aromatic heterocycles. The Bertz CT molecular complexity index is 383. The molecule has 0 saturated heterocycles. The Morgan fingerprint density at radius 1 is 1.17 bits per heavy atom. The van der Waals surface area contributed by atoms with Gasteiger partial charge in [0.1, 0.15) is 5.75 Å². The summed E-state index contributed by atoms with van der Waals surface area (Å²) < 4.78 is 5.60. The normalized spacial score (nSPS) is 10.4. The van der Waals surface area contributed by atoms with Crippen molar-refractivity contribution in [3.8, 4) is 5.75 Å². The van der Waals surface area contributed by atoms with Crippen LogP contribution in [-0.4, -0.2) is 12.4 Å². The molecule has 0 radical (unpaired) electrons. The van der Waals surface area contributed by atoms with Crippen LogP contribution in [0.2, 0.25) is 0 Å². The third kappa shape index (κ3) is 4.17. The second-order valence-corrected chi connectivity index (χ2v) is 4.55. The van der Waals surface area contributed by atoms with E-state index in [9.17, 15) is 4.79 Å². The van der Waals surface area contributed by atoms with Gasteiger partial charge < -0.3 is 4.74 Å². The summed E-state index contributed by atoms with van der Waals surface area (Å²) in [5.74, 6) is 1.14. The Balaban J connectivity index is 2.82. The molecule has 1 aromatic carbocycles. The van der Waals surface area contributed by atoms with Crippen LogP contribution in [0.15, 0.2) is 18.2 Å². The summed E-state index contributed by atoms with van der Waals surface area (Å²) in [6, 6.07) is 5.84. The topological polar surface area (TPSA) is 26.3 Å². The molecule has 100 valence electrons. The molecule has 2 nitrogen and oxygen atoms in total. The van der Waals surface area contributed by atoms with Gasteiger partial charge >= 0.3 is 0 Å². The van der Waals surface area contributed by atoms with Gasteiger partial charge in [-0.15, -0.1) is 0 Å². The predicted octanol–water partition coefficient (Wildman–Crippen LogP) is 4.41. The minimum atomic E-state index is 0.260. The van der Waals surface area contributed by atoms with E-state index in [-0.39, 0.29) is 5.78 Å². The number of ether oxygens (including phenoxy) is 1. The Kier molecular flexibility index (Phi) is 6.48. The van der Waals surface area contributed by atoms with Crippen LogP contribution in [0.1, 0.15) is 62.4 Å². The molecule has 18 heavy (non-hydrogen) atoms. The highest BCUT2D eigenvalue weighted by Crippen LogP contribution is 2.20. The van der Waals surface area contributed by atoms with Crippen molar-refractivity contribution in [2.24, 2.45) is 0 Å². The number of Topliss-reactive ketones (excluding diaryl/α,β-unsaturated/α-hetero) is 1. The van der Waals surface area contributed by atoms with E-state index in [4.69, 9.17) is 4.74 Å². The standard InChI is InChI=1S/C16H24O2/c1-4-7-8-16(17)15-10-9-14(18-11-5-2)12-13(15)6-3/h9-10,12H,4-8,11H2,1-3H3. The number of rotatable bonds is 8. The molecule has 0 bridgehead atoms. The molecule has 0 amide bonds. The fraction of sp³-hybridized carbons (Fsp3) is 0.562. The van der Waals surface area contributed by atoms with E-state index in [1.807, 2.05) is 18.2 Å². The molecule has 0 spiro atoms. The number of benzene rings is 1. The average molecular weight is 248 g/mol. The molecule has 2 heteroatoms. The van der Waals surface area contributed by atoms with Gasteiger partial charge in [-0.05, 0) is 43.0 Å². The molecule has 1 aromatic rings. The van der Waals surface area contributed by atoms with Gasteiger partial charge in [0.15, 0.2) is 5.78 Å². The first-order valence-corrected chi connectivity index (χ1v) is 7.01. The second kappa shape index (κ2) is 7.91. The van der Waals surface area contributed by atoms with Crippen molar-refractivity contribution in [1.29, 1.82) is 0 Å². The fourth-order valence-electron chi connectivity index (χ4n) is 1.92. The summed E-state index contributed by atoms with van der Waals surface area (Å²) in [4.78, 5) is 12.1. The first-order valence-electron chi connectivity index (χ1n) is 7.01. The van der Waals surface area contributed by atoms with Crippen molar-refractivity contribution in [3.63, 3.8) is 0 Å². The highest BCUT2D eigenvalue weighted by Gasteiger charge is 2.10. The summed E-state index contributed by atoms with van der Waals surface area (Å²) in [7, 11) is 0. The molecular weight excluding hydrogens is 224 g/mol. The Morgan fingerprint density at radius 2 is 1.94 bits per heavy atom. The Morgan fingerprint density at radius 3 is 2.56 bits per heavy atom. The summed E-state index contributed by atoms with van der Waals surface area (Å²) in [6.07, 6.45) is 4.55. The van der Waals surface area contributed by atoms with Crippen LogP contribution in [0.3, 0.4) is 0 Å². The maximum Gasteiger partial charge on any atom is 0.163 e. The van der Waals surface area contributed by atoms with Gasteiger partial charge in [-0.1, -0.05) is 27.2 Å². The van der Waals surface area contributed by atoms with Crippen LogP contribution in [0.4, 0.5) is 0 Å². The first-order chi connectivity index (χ1) is 8.72. The Labute approximate surface area is 110 Å². The highest BCUT2D eigenvalue weighted by molar-refractivity contribution is 5.97. The van der Waals surface area contributed by atoms with Gasteiger partial charge in [-0.25, -0.2) is 0 Å². The van der Waals surface area contributed by atoms with Crippen LogP contribution < -0.4 is 4.74 Å². The molecule has 0 fully saturated rings. The molecular formula is C16H24O2. The zero-order valence-electron chi connectivity index (χ0n) is 11.8. The van der Waals surface area contributed by atoms with Crippen LogP contribution in [0.5, 0.6) is 5.75 Å². The van der Waals surface area contributed by atoms with E-state index < -0.39 is 0 Å². The number of hydrogen-bond donors (Lipinski definition) is 0. The molecule has 0 unspecified atom stereocenters. The number of carbonyl (C=O) groups is 1. The van der Waals surface area contributed by atoms with Gasteiger partial charge in [-0.2, -0.15) is 0 Å². The van der Waals surface area contributed by atoms with E-state index in [0.29, 0.717) is 6.42 Å². The lowest BCUT2D eigenvalue weighted by molar-refractivity contribution is 0.0979. The molecule has 0 aliphatic carbocycles. The van der Waals surface area contributed by atoms with E-state index in [1.54, 1.807) is 0 Å². The smallest absolute Gasteiger partial charge is 0.163 e. The lowest BCUT2D eigenvalue weighted by atomic mass is 9.98. The van der Waals surface area contributed by atoms with Crippen LogP contribution >= 0.6 is 0 Å². The van der Waals surface area contributed by atoms with Crippen LogP contribution in [-0.2, 0) is 6.42 Å². The minimum Gasteiger partial charge on any atom is -0.494 e. The lowest BCUT2D eigenvalue weighted by Crippen LogP contribution is -2.04. The monoisotopic (exact) mass is 248 g/mol. The molecule has 0 N–H and O–H groups in total. The summed E-state index contributed by atoms with van der Waals surface area (Å²) in [5, 5.41) is 0. The average Bonchev–Trinajstić information content (AvgIpc) is 2.42. The number of ketones is 1. The maximum absolute atomic E-state index is 12.1. The highest BCUT2D eigenvalue weighted by atomic mass is 16.5. The summed E-state index contributed by atoms with van der Waals surface area (Å²) in [6.45, 7) is 7.00. The molecule has 0 atom stereocenters. The number of carbonyl (C=O) groups excluding carboxylic acids is 1. The molecule has 0 aliphatic rings. The lowest BCUT2D eigenvalue weighted by Gasteiger charge is -2.10. The van der Waals surface area contributed by atoms with Gasteiger partial charge in [0, 0.05) is 12.0 Å². The van der Waals surface area contributed by atoms with Crippen LogP contribution in [0, 0.1) is 0 Å². The minimum absolute atomic E-state index is 0.260. The SMILES string of the molecule is CCCCC(=O)c1ccc(OCCC)cc1CC. The third-order valence-corrected chi connectivity index (χ3v) is 2.99. The predicted molar refractivity (Wildman–Crippen MR) is 75.5 cm³/mol. The summed E-state index contributed by atoms with van der Waals surface area (Å²) >= 11 is 0. The van der Waals surface area contributed by atoms with Crippen molar-refractivity contribution in [3.05, 3.63) is 29.3 Å². The van der Waals surface area contributed by atoms with E-state index >= 15 is 0 Å². The van der Waals surface area contributed by atoms with Crippen molar-refractivity contribution >= 4 is 5.78 Å². The molecule has 0 aliphatic heterocycles. The van der Waals surface area contributed by atoms with Crippen LogP contribution in [0.25, 0.3) is 0 Å². The molecule has 1 rings (SSSR count). The van der Waals surface area contributed by atoms with Crippen molar-refractivity contribution in [2.45, 2.75) is 52.9 Å². The largest absolute Gasteiger partial charge is 0.494 e. The quantitative estimate of drug-likeness (QED) is 0.637. The molecule has 0 saturated carbocycles. The van der Waals surface area contributed by atoms with Gasteiger partial charge in [0.2, 0.25) is 0 Å². The second-order valence-electron chi connectivity index (χ2n) is 4.55. The number of hydrogen-bond acceptors (Lipinski definition) is 2. The van der Waals surface area contributed by atoms with Gasteiger partial charge in [-0.3, -0.25) is 4.79 Å². The van der Waals surface area contributed by atoms with Crippen molar-refractivity contribution in [1.82, 2.24) is 0 Å². The number of unbranched alkanes of at least 4 members (excludes halogenated alkanes) is 1. The van der Waals surface area contributed by atoms with E-state index in [1.165, 1.54) is 0 Å². The zero-order chi connectivity index (χ0) is 13.4. The molecule has 0 heterocycles. The third-order valence-electron chi connectivity index (χ3n) is 2.99. The van der Waals surface area contributed by atoms with Gasteiger partial charge in [0.25, 0.3) is 0 Å². The zero-order valence-corrected chi connectivity index (χ0v) is 11.8. The van der Waals surface area contributed by atoms with E-state index in [2.05, 4.69) is 20.8 Å². The fourth-order valence-corrected chi connectivity index (χ4v) is 1.92. The van der Waals surface area contributed by atoms with Gasteiger partial charge in [0.05, 0.1) is 6.61 Å². The van der Waals surface area contributed by atoms with E-state index in [0.717, 1.165) is 49.2 Å². The maximum atomic E-state index is 12.1. The first kappa shape index (κ1) is 14.7. The summed E-state index contributed by atoms with van der Waals surface area (Å²) in [5.41, 5.74) is 1.97.